The predicted molar refractivity (Wildman–Crippen MR) is 119 cm³/mol. The number of rotatable bonds is 2. The summed E-state index contributed by atoms with van der Waals surface area (Å²) in [4.78, 5) is 7.96. The zero-order valence-corrected chi connectivity index (χ0v) is 17.8. The van der Waals surface area contributed by atoms with E-state index in [1.165, 1.54) is 6.07 Å². The second-order valence-electron chi connectivity index (χ2n) is 7.74. The lowest BCUT2D eigenvalue weighted by atomic mass is 9.93. The minimum Gasteiger partial charge on any atom is -0.481 e. The maximum absolute atomic E-state index is 14.5. The van der Waals surface area contributed by atoms with Gasteiger partial charge in [-0.3, -0.25) is 0 Å². The summed E-state index contributed by atoms with van der Waals surface area (Å²) < 4.78 is 20.8. The second-order valence-corrected chi connectivity index (χ2v) is 8.58. The highest BCUT2D eigenvalue weighted by Gasteiger charge is 2.36. The van der Waals surface area contributed by atoms with Crippen LogP contribution in [-0.4, -0.2) is 9.97 Å². The number of hydrogen-bond donors (Lipinski definition) is 1. The lowest BCUT2D eigenvalue weighted by Gasteiger charge is -2.32. The number of imidazole rings is 1. The third kappa shape index (κ3) is 3.08. The molecule has 0 aliphatic carbocycles. The van der Waals surface area contributed by atoms with Crippen molar-refractivity contribution in [2.24, 2.45) is 0 Å². The van der Waals surface area contributed by atoms with Gasteiger partial charge >= 0.3 is 0 Å². The third-order valence-corrected chi connectivity index (χ3v) is 5.85. The van der Waals surface area contributed by atoms with Gasteiger partial charge in [-0.1, -0.05) is 47.5 Å². The number of benzene rings is 3. The van der Waals surface area contributed by atoms with Gasteiger partial charge in [-0.25, -0.2) is 9.37 Å². The fourth-order valence-electron chi connectivity index (χ4n) is 3.80. The monoisotopic (exact) mass is 438 g/mol. The molecule has 4 aromatic rings. The van der Waals surface area contributed by atoms with Crippen LogP contribution in [0.15, 0.2) is 60.7 Å². The SMILES string of the molecule is CC1(C)Oc2cc(-c3ccc(Cl)cc3)ccc2-c2nc(-c3c(F)cccc3Cl)[nH]c21. The number of H-pyrrole nitrogens is 1. The van der Waals surface area contributed by atoms with E-state index in [0.717, 1.165) is 33.8 Å². The Morgan fingerprint density at radius 2 is 1.70 bits per heavy atom. The molecular weight excluding hydrogens is 422 g/mol. The van der Waals surface area contributed by atoms with Crippen molar-refractivity contribution in [2.45, 2.75) is 19.4 Å². The molecule has 1 N–H and O–H groups in total. The van der Waals surface area contributed by atoms with Crippen molar-refractivity contribution in [2.75, 3.05) is 0 Å². The summed E-state index contributed by atoms with van der Waals surface area (Å²) in [7, 11) is 0. The Balaban J connectivity index is 1.66. The first-order valence-corrected chi connectivity index (χ1v) is 10.2. The van der Waals surface area contributed by atoms with Gasteiger partial charge in [-0.2, -0.15) is 0 Å². The van der Waals surface area contributed by atoms with Crippen LogP contribution in [0.4, 0.5) is 4.39 Å². The number of aromatic nitrogens is 2. The zero-order valence-electron chi connectivity index (χ0n) is 16.3. The molecule has 2 heterocycles. The van der Waals surface area contributed by atoms with E-state index in [-0.39, 0.29) is 5.56 Å². The fourth-order valence-corrected chi connectivity index (χ4v) is 4.17. The molecular formula is C24H17Cl2FN2O. The lowest BCUT2D eigenvalue weighted by Crippen LogP contribution is -2.29. The zero-order chi connectivity index (χ0) is 21.0. The Morgan fingerprint density at radius 3 is 2.43 bits per heavy atom. The van der Waals surface area contributed by atoms with Crippen molar-refractivity contribution < 1.29 is 9.13 Å². The summed E-state index contributed by atoms with van der Waals surface area (Å²) in [5.74, 6) is 0.678. The van der Waals surface area contributed by atoms with Gasteiger partial charge in [0.15, 0.2) is 0 Å². The normalized spacial score (nSPS) is 14.0. The van der Waals surface area contributed by atoms with E-state index in [9.17, 15) is 4.39 Å². The molecule has 0 saturated heterocycles. The molecule has 0 fully saturated rings. The first-order chi connectivity index (χ1) is 14.3. The Bertz CT molecular complexity index is 1260. The number of nitrogens with one attached hydrogen (secondary N) is 1. The van der Waals surface area contributed by atoms with Crippen LogP contribution in [0.2, 0.25) is 10.0 Å². The number of nitrogens with zero attached hydrogens (tertiary/aromatic N) is 1. The van der Waals surface area contributed by atoms with Crippen LogP contribution < -0.4 is 4.74 Å². The molecule has 1 aromatic heterocycles. The highest BCUT2D eigenvalue weighted by molar-refractivity contribution is 6.33. The van der Waals surface area contributed by atoms with Crippen LogP contribution in [0.25, 0.3) is 33.8 Å². The number of fused-ring (bicyclic) bond motifs is 3. The van der Waals surface area contributed by atoms with Crippen LogP contribution in [0, 0.1) is 5.82 Å². The first-order valence-electron chi connectivity index (χ1n) is 9.48. The lowest BCUT2D eigenvalue weighted by molar-refractivity contribution is 0.101. The van der Waals surface area contributed by atoms with Crippen LogP contribution in [0.5, 0.6) is 5.75 Å². The molecule has 0 saturated carbocycles. The summed E-state index contributed by atoms with van der Waals surface area (Å²) in [5, 5.41) is 0.993. The maximum atomic E-state index is 14.5. The maximum Gasteiger partial charge on any atom is 0.145 e. The van der Waals surface area contributed by atoms with Crippen molar-refractivity contribution in [3.63, 3.8) is 0 Å². The van der Waals surface area contributed by atoms with E-state index in [2.05, 4.69) is 4.98 Å². The molecule has 0 radical (unpaired) electrons. The Morgan fingerprint density at radius 1 is 0.967 bits per heavy atom. The molecule has 0 unspecified atom stereocenters. The van der Waals surface area contributed by atoms with Crippen molar-refractivity contribution in [1.29, 1.82) is 0 Å². The first kappa shape index (κ1) is 19.2. The van der Waals surface area contributed by atoms with E-state index in [4.69, 9.17) is 32.9 Å². The van der Waals surface area contributed by atoms with Gasteiger partial charge in [0.1, 0.15) is 23.0 Å². The molecule has 5 rings (SSSR count). The molecule has 3 nitrogen and oxygen atoms in total. The summed E-state index contributed by atoms with van der Waals surface area (Å²) in [5.41, 5.74) is 3.99. The van der Waals surface area contributed by atoms with Gasteiger partial charge in [0, 0.05) is 10.6 Å². The van der Waals surface area contributed by atoms with Gasteiger partial charge < -0.3 is 9.72 Å². The van der Waals surface area contributed by atoms with Crippen LogP contribution >= 0.6 is 23.2 Å². The van der Waals surface area contributed by atoms with E-state index in [0.29, 0.717) is 15.9 Å². The average Bonchev–Trinajstić information content (AvgIpc) is 3.14. The number of halogens is 3. The quantitative estimate of drug-likeness (QED) is 0.352. The van der Waals surface area contributed by atoms with E-state index >= 15 is 0 Å². The topological polar surface area (TPSA) is 37.9 Å². The van der Waals surface area contributed by atoms with Gasteiger partial charge in [-0.15, -0.1) is 0 Å². The molecule has 150 valence electrons. The Labute approximate surface area is 183 Å². The molecule has 0 amide bonds. The number of aromatic amines is 1. The molecule has 6 heteroatoms. The summed E-state index contributed by atoms with van der Waals surface area (Å²) in [6.07, 6.45) is 0. The van der Waals surface area contributed by atoms with Crippen LogP contribution in [0.3, 0.4) is 0 Å². The van der Waals surface area contributed by atoms with Gasteiger partial charge in [-0.05, 0) is 61.4 Å². The molecule has 0 spiro atoms. The average molecular weight is 439 g/mol. The fraction of sp³-hybridized carbons (Fsp3) is 0.125. The smallest absolute Gasteiger partial charge is 0.145 e. The molecule has 0 bridgehead atoms. The molecule has 1 aliphatic rings. The minimum absolute atomic E-state index is 0.253. The van der Waals surface area contributed by atoms with E-state index in [1.54, 1.807) is 12.1 Å². The minimum atomic E-state index is -0.677. The van der Waals surface area contributed by atoms with E-state index in [1.807, 2.05) is 56.3 Å². The van der Waals surface area contributed by atoms with Crippen LogP contribution in [-0.2, 0) is 5.60 Å². The van der Waals surface area contributed by atoms with Gasteiger partial charge in [0.05, 0.1) is 22.0 Å². The highest BCUT2D eigenvalue weighted by Crippen LogP contribution is 2.46. The summed E-state index contributed by atoms with van der Waals surface area (Å²) in [6.45, 7) is 3.91. The van der Waals surface area contributed by atoms with Crippen molar-refractivity contribution in [3.05, 3.63) is 82.2 Å². The molecule has 0 atom stereocenters. The standard InChI is InChI=1S/C24H17Cl2FN2O/c1-24(2)22-21(28-23(29-22)20-17(26)4-3-5-18(20)27)16-11-8-14(12-19(16)30-24)13-6-9-15(25)10-7-13/h3-12H,1-2H3,(H,28,29). The van der Waals surface area contributed by atoms with Gasteiger partial charge in [0.25, 0.3) is 0 Å². The molecule has 1 aliphatic heterocycles. The Kier molecular flexibility index (Phi) is 4.38. The van der Waals surface area contributed by atoms with Gasteiger partial charge in [0.2, 0.25) is 0 Å². The van der Waals surface area contributed by atoms with Crippen molar-refractivity contribution in [3.8, 4) is 39.5 Å². The highest BCUT2D eigenvalue weighted by atomic mass is 35.5. The van der Waals surface area contributed by atoms with Crippen LogP contribution in [0.1, 0.15) is 19.5 Å². The van der Waals surface area contributed by atoms with E-state index < -0.39 is 11.4 Å². The van der Waals surface area contributed by atoms with Crippen molar-refractivity contribution >= 4 is 23.2 Å². The number of ether oxygens (including phenoxy) is 1. The largest absolute Gasteiger partial charge is 0.481 e. The number of hydrogen-bond acceptors (Lipinski definition) is 2. The predicted octanol–water partition coefficient (Wildman–Crippen LogP) is 7.48. The summed E-state index contributed by atoms with van der Waals surface area (Å²) >= 11 is 12.3. The van der Waals surface area contributed by atoms with Crippen molar-refractivity contribution in [1.82, 2.24) is 9.97 Å². The third-order valence-electron chi connectivity index (χ3n) is 5.28. The Hall–Kier alpha value is -2.82. The second kappa shape index (κ2) is 6.86. The summed E-state index contributed by atoms with van der Waals surface area (Å²) in [6, 6.07) is 18.2. The molecule has 30 heavy (non-hydrogen) atoms. The molecule has 3 aromatic carbocycles.